The van der Waals surface area contributed by atoms with Gasteiger partial charge in [0, 0.05) is 6.04 Å². The predicted molar refractivity (Wildman–Crippen MR) is 78.9 cm³/mol. The van der Waals surface area contributed by atoms with Crippen LogP contribution in [0.2, 0.25) is 0 Å². The van der Waals surface area contributed by atoms with Crippen LogP contribution in [0.4, 0.5) is 13.2 Å². The summed E-state index contributed by atoms with van der Waals surface area (Å²) in [7, 11) is 0. The molecule has 0 radical (unpaired) electrons. The fourth-order valence-electron chi connectivity index (χ4n) is 2.06. The zero-order valence-corrected chi connectivity index (χ0v) is 13.4. The van der Waals surface area contributed by atoms with Gasteiger partial charge in [0.2, 0.25) is 0 Å². The van der Waals surface area contributed by atoms with Gasteiger partial charge >= 0.3 is 6.18 Å². The van der Waals surface area contributed by atoms with Crippen LogP contribution in [0.25, 0.3) is 0 Å². The van der Waals surface area contributed by atoms with Crippen LogP contribution in [0.5, 0.6) is 0 Å². The molecule has 5 heteroatoms. The molecule has 0 rings (SSSR count). The minimum Gasteiger partial charge on any atom is -0.316 e. The fourth-order valence-corrected chi connectivity index (χ4v) is 2.06. The minimum absolute atomic E-state index is 0.0515. The topological polar surface area (TPSA) is 15.3 Å². The highest BCUT2D eigenvalue weighted by atomic mass is 19.4. The van der Waals surface area contributed by atoms with Gasteiger partial charge in [-0.2, -0.15) is 13.2 Å². The van der Waals surface area contributed by atoms with Gasteiger partial charge < -0.3 is 5.32 Å². The highest BCUT2D eigenvalue weighted by Gasteiger charge is 2.31. The summed E-state index contributed by atoms with van der Waals surface area (Å²) in [6.45, 7) is 9.78. The van der Waals surface area contributed by atoms with E-state index in [9.17, 15) is 13.2 Å². The third-order valence-electron chi connectivity index (χ3n) is 3.21. The van der Waals surface area contributed by atoms with Gasteiger partial charge in [0.1, 0.15) is 0 Å². The smallest absolute Gasteiger partial charge is 0.316 e. The van der Waals surface area contributed by atoms with Gasteiger partial charge in [0.25, 0.3) is 0 Å². The standard InChI is InChI=1S/C15H31F3N2/c1-13(2)11-19-9-7-5-6-8-10-20(14(3)4)12-15(16,17)18/h13-14,19H,5-12H2,1-4H3. The zero-order valence-electron chi connectivity index (χ0n) is 13.4. The Kier molecular flexibility index (Phi) is 10.3. The summed E-state index contributed by atoms with van der Waals surface area (Å²) >= 11 is 0. The summed E-state index contributed by atoms with van der Waals surface area (Å²) in [5.74, 6) is 0.664. The second-order valence-electron chi connectivity index (χ2n) is 6.19. The van der Waals surface area contributed by atoms with Crippen LogP contribution in [0.15, 0.2) is 0 Å². The summed E-state index contributed by atoms with van der Waals surface area (Å²) in [5.41, 5.74) is 0. The van der Waals surface area contributed by atoms with Crippen molar-refractivity contribution in [3.8, 4) is 0 Å². The molecule has 0 aliphatic carbocycles. The van der Waals surface area contributed by atoms with Crippen LogP contribution in [0.1, 0.15) is 53.4 Å². The van der Waals surface area contributed by atoms with Crippen molar-refractivity contribution in [2.45, 2.75) is 65.6 Å². The summed E-state index contributed by atoms with van der Waals surface area (Å²) < 4.78 is 37.2. The van der Waals surface area contributed by atoms with E-state index in [0.29, 0.717) is 12.5 Å². The lowest BCUT2D eigenvalue weighted by atomic mass is 10.1. The largest absolute Gasteiger partial charge is 0.401 e. The van der Waals surface area contributed by atoms with Crippen LogP contribution >= 0.6 is 0 Å². The van der Waals surface area contributed by atoms with Crippen molar-refractivity contribution in [1.29, 1.82) is 0 Å². The molecule has 122 valence electrons. The molecule has 0 saturated carbocycles. The third-order valence-corrected chi connectivity index (χ3v) is 3.21. The average molecular weight is 296 g/mol. The van der Waals surface area contributed by atoms with Crippen molar-refractivity contribution >= 4 is 0 Å². The van der Waals surface area contributed by atoms with E-state index in [1.54, 1.807) is 0 Å². The molecular weight excluding hydrogens is 265 g/mol. The van der Waals surface area contributed by atoms with Crippen LogP contribution in [0.3, 0.4) is 0 Å². The summed E-state index contributed by atoms with van der Waals surface area (Å²) in [4.78, 5) is 1.51. The van der Waals surface area contributed by atoms with Gasteiger partial charge in [-0.05, 0) is 52.2 Å². The maximum Gasteiger partial charge on any atom is 0.401 e. The first-order valence-corrected chi connectivity index (χ1v) is 7.74. The first kappa shape index (κ1) is 19.7. The van der Waals surface area contributed by atoms with Crippen molar-refractivity contribution in [3.05, 3.63) is 0 Å². The van der Waals surface area contributed by atoms with Crippen LogP contribution < -0.4 is 5.32 Å². The number of nitrogens with zero attached hydrogens (tertiary/aromatic N) is 1. The van der Waals surface area contributed by atoms with Crippen molar-refractivity contribution in [2.75, 3.05) is 26.2 Å². The summed E-state index contributed by atoms with van der Waals surface area (Å²) in [6, 6.07) is -0.0515. The Labute approximate surface area is 122 Å². The zero-order chi connectivity index (χ0) is 15.6. The van der Waals surface area contributed by atoms with E-state index < -0.39 is 12.7 Å². The molecule has 0 atom stereocenters. The van der Waals surface area contributed by atoms with Gasteiger partial charge in [0.15, 0.2) is 0 Å². The Morgan fingerprint density at radius 3 is 2.05 bits per heavy atom. The molecule has 0 aromatic heterocycles. The van der Waals surface area contributed by atoms with Crippen LogP contribution in [0, 0.1) is 5.92 Å². The SMILES string of the molecule is CC(C)CNCCCCCCN(CC(F)(F)F)C(C)C. The number of unbranched alkanes of at least 4 members (excludes halogenated alkanes) is 3. The molecule has 0 saturated heterocycles. The number of hydrogen-bond donors (Lipinski definition) is 1. The van der Waals surface area contributed by atoms with E-state index in [1.165, 1.54) is 4.90 Å². The Hall–Kier alpha value is -0.290. The Morgan fingerprint density at radius 1 is 0.950 bits per heavy atom. The van der Waals surface area contributed by atoms with E-state index in [1.807, 2.05) is 13.8 Å². The Morgan fingerprint density at radius 2 is 1.55 bits per heavy atom. The second kappa shape index (κ2) is 10.4. The summed E-state index contributed by atoms with van der Waals surface area (Å²) in [6.07, 6.45) is -0.0510. The molecule has 0 heterocycles. The van der Waals surface area contributed by atoms with Crippen molar-refractivity contribution in [2.24, 2.45) is 5.92 Å². The van der Waals surface area contributed by atoms with Crippen molar-refractivity contribution < 1.29 is 13.2 Å². The number of halogens is 3. The first-order valence-electron chi connectivity index (χ1n) is 7.74. The van der Waals surface area contributed by atoms with Crippen molar-refractivity contribution in [3.63, 3.8) is 0 Å². The predicted octanol–water partition coefficient (Wildman–Crippen LogP) is 4.07. The lowest BCUT2D eigenvalue weighted by molar-refractivity contribution is -0.149. The molecule has 20 heavy (non-hydrogen) atoms. The third kappa shape index (κ3) is 12.7. The maximum absolute atomic E-state index is 12.4. The van der Waals surface area contributed by atoms with E-state index in [-0.39, 0.29) is 6.04 Å². The molecule has 0 aliphatic rings. The van der Waals surface area contributed by atoms with E-state index in [2.05, 4.69) is 19.2 Å². The Bertz CT molecular complexity index is 228. The van der Waals surface area contributed by atoms with E-state index in [4.69, 9.17) is 0 Å². The molecule has 1 N–H and O–H groups in total. The van der Waals surface area contributed by atoms with Crippen molar-refractivity contribution in [1.82, 2.24) is 10.2 Å². The van der Waals surface area contributed by atoms with E-state index >= 15 is 0 Å². The minimum atomic E-state index is -4.09. The monoisotopic (exact) mass is 296 g/mol. The van der Waals surface area contributed by atoms with Gasteiger partial charge in [-0.3, -0.25) is 4.90 Å². The quantitative estimate of drug-likeness (QED) is 0.578. The average Bonchev–Trinajstić information content (AvgIpc) is 2.28. The number of nitrogens with one attached hydrogen (secondary N) is 1. The van der Waals surface area contributed by atoms with E-state index in [0.717, 1.165) is 38.8 Å². The van der Waals surface area contributed by atoms with Gasteiger partial charge in [-0.15, -0.1) is 0 Å². The molecule has 0 aromatic rings. The molecule has 0 aliphatic heterocycles. The van der Waals surface area contributed by atoms with Gasteiger partial charge in [0.05, 0.1) is 6.54 Å². The first-order chi connectivity index (χ1) is 9.22. The molecule has 0 unspecified atom stereocenters. The maximum atomic E-state index is 12.4. The fraction of sp³-hybridized carbons (Fsp3) is 1.00. The molecule has 0 aromatic carbocycles. The number of alkyl halides is 3. The number of hydrogen-bond acceptors (Lipinski definition) is 2. The molecule has 2 nitrogen and oxygen atoms in total. The number of rotatable bonds is 11. The lowest BCUT2D eigenvalue weighted by Crippen LogP contribution is -2.39. The lowest BCUT2D eigenvalue weighted by Gasteiger charge is -2.27. The highest BCUT2D eigenvalue weighted by Crippen LogP contribution is 2.18. The normalized spacial score (nSPS) is 12.9. The van der Waals surface area contributed by atoms with Gasteiger partial charge in [-0.25, -0.2) is 0 Å². The molecule has 0 spiro atoms. The molecular formula is C15H31F3N2. The molecule has 0 fully saturated rings. The van der Waals surface area contributed by atoms with Crippen LogP contribution in [-0.4, -0.2) is 43.3 Å². The molecule has 0 amide bonds. The summed E-state index contributed by atoms with van der Waals surface area (Å²) in [5, 5.41) is 3.37. The molecule has 0 bridgehead atoms. The second-order valence-corrected chi connectivity index (χ2v) is 6.19. The highest BCUT2D eigenvalue weighted by molar-refractivity contribution is 4.67. The van der Waals surface area contributed by atoms with Crippen LogP contribution in [-0.2, 0) is 0 Å². The van der Waals surface area contributed by atoms with Gasteiger partial charge in [-0.1, -0.05) is 26.7 Å². The Balaban J connectivity index is 3.60.